The average Bonchev–Trinajstić information content (AvgIpc) is 2.58. The molecule has 0 aliphatic rings. The third-order valence-electron chi connectivity index (χ3n) is 3.58. The van der Waals surface area contributed by atoms with Crippen LogP contribution < -0.4 is 10.1 Å². The molecule has 0 saturated heterocycles. The Morgan fingerprint density at radius 2 is 2.00 bits per heavy atom. The van der Waals surface area contributed by atoms with E-state index in [0.29, 0.717) is 13.0 Å². The Morgan fingerprint density at radius 1 is 1.22 bits per heavy atom. The number of nitrogens with one attached hydrogen (secondary N) is 1. The molecule has 2 aromatic rings. The summed E-state index contributed by atoms with van der Waals surface area (Å²) >= 11 is 5.92. The molecule has 1 atom stereocenters. The van der Waals surface area contributed by atoms with Crippen molar-refractivity contribution in [1.29, 1.82) is 5.26 Å². The molecule has 4 heteroatoms. The number of benzene rings is 2. The second-order valence-electron chi connectivity index (χ2n) is 5.41. The van der Waals surface area contributed by atoms with Gasteiger partial charge in [-0.2, -0.15) is 5.26 Å². The van der Waals surface area contributed by atoms with Crippen molar-refractivity contribution in [3.63, 3.8) is 0 Å². The molecule has 0 spiro atoms. The van der Waals surface area contributed by atoms with Crippen LogP contribution in [0.5, 0.6) is 5.75 Å². The van der Waals surface area contributed by atoms with E-state index in [4.69, 9.17) is 21.6 Å². The second-order valence-corrected chi connectivity index (χ2v) is 5.85. The monoisotopic (exact) mass is 328 g/mol. The van der Waals surface area contributed by atoms with Gasteiger partial charge in [-0.25, -0.2) is 0 Å². The predicted octanol–water partition coefficient (Wildman–Crippen LogP) is 4.87. The van der Waals surface area contributed by atoms with Crippen LogP contribution in [0.4, 0.5) is 0 Å². The van der Waals surface area contributed by atoms with Gasteiger partial charge in [-0.15, -0.1) is 0 Å². The summed E-state index contributed by atoms with van der Waals surface area (Å²) < 4.78 is 5.66. The van der Waals surface area contributed by atoms with Crippen LogP contribution in [0, 0.1) is 11.3 Å². The van der Waals surface area contributed by atoms with Crippen molar-refractivity contribution >= 4 is 11.6 Å². The van der Waals surface area contributed by atoms with Gasteiger partial charge in [0.1, 0.15) is 5.75 Å². The number of nitrogens with zero attached hydrogens (tertiary/aromatic N) is 1. The molecule has 1 unspecified atom stereocenters. The number of rotatable bonds is 8. The van der Waals surface area contributed by atoms with Crippen molar-refractivity contribution in [1.82, 2.24) is 5.32 Å². The molecular weight excluding hydrogens is 308 g/mol. The van der Waals surface area contributed by atoms with E-state index in [2.05, 4.69) is 24.4 Å². The van der Waals surface area contributed by atoms with Gasteiger partial charge in [-0.1, -0.05) is 35.9 Å². The number of hydrogen-bond donors (Lipinski definition) is 1. The maximum absolute atomic E-state index is 8.52. The van der Waals surface area contributed by atoms with Crippen molar-refractivity contribution in [2.45, 2.75) is 32.4 Å². The van der Waals surface area contributed by atoms with Crippen molar-refractivity contribution in [3.8, 4) is 11.8 Å². The maximum Gasteiger partial charge on any atom is 0.119 e. The third-order valence-corrected chi connectivity index (χ3v) is 3.83. The molecule has 0 aromatic heterocycles. The Morgan fingerprint density at radius 3 is 2.74 bits per heavy atom. The first-order valence-electron chi connectivity index (χ1n) is 7.76. The van der Waals surface area contributed by atoms with E-state index >= 15 is 0 Å². The summed E-state index contributed by atoms with van der Waals surface area (Å²) in [5.74, 6) is 0.849. The predicted molar refractivity (Wildman–Crippen MR) is 93.5 cm³/mol. The average molecular weight is 329 g/mol. The highest BCUT2D eigenvalue weighted by molar-refractivity contribution is 6.30. The quantitative estimate of drug-likeness (QED) is 0.703. The van der Waals surface area contributed by atoms with Crippen LogP contribution in [-0.2, 0) is 6.54 Å². The Balaban J connectivity index is 1.85. The maximum atomic E-state index is 8.52. The minimum Gasteiger partial charge on any atom is -0.494 e. The highest BCUT2D eigenvalue weighted by Crippen LogP contribution is 2.18. The molecule has 0 heterocycles. The van der Waals surface area contributed by atoms with E-state index in [1.165, 1.54) is 11.1 Å². The Labute approximate surface area is 142 Å². The van der Waals surface area contributed by atoms with Crippen LogP contribution in [0.15, 0.2) is 48.5 Å². The topological polar surface area (TPSA) is 45.0 Å². The molecule has 0 amide bonds. The van der Waals surface area contributed by atoms with E-state index in [9.17, 15) is 0 Å². The van der Waals surface area contributed by atoms with Gasteiger partial charge in [0, 0.05) is 24.0 Å². The van der Waals surface area contributed by atoms with Crippen LogP contribution >= 0.6 is 11.6 Å². The molecule has 0 aliphatic carbocycles. The molecule has 0 fully saturated rings. The fraction of sp³-hybridized carbons (Fsp3) is 0.316. The largest absolute Gasteiger partial charge is 0.494 e. The molecule has 2 aromatic carbocycles. The van der Waals surface area contributed by atoms with Gasteiger partial charge in [0.2, 0.25) is 0 Å². The Kier molecular flexibility index (Phi) is 6.93. The van der Waals surface area contributed by atoms with Crippen molar-refractivity contribution in [3.05, 3.63) is 64.7 Å². The van der Waals surface area contributed by atoms with E-state index in [0.717, 1.165) is 23.7 Å². The van der Waals surface area contributed by atoms with E-state index in [1.54, 1.807) is 0 Å². The van der Waals surface area contributed by atoms with Gasteiger partial charge in [-0.3, -0.25) is 0 Å². The van der Waals surface area contributed by atoms with E-state index in [1.807, 2.05) is 42.5 Å². The summed E-state index contributed by atoms with van der Waals surface area (Å²) in [7, 11) is 0. The van der Waals surface area contributed by atoms with E-state index < -0.39 is 0 Å². The van der Waals surface area contributed by atoms with Gasteiger partial charge in [0.25, 0.3) is 0 Å². The fourth-order valence-corrected chi connectivity index (χ4v) is 2.35. The Hall–Kier alpha value is -2.02. The lowest BCUT2D eigenvalue weighted by Gasteiger charge is -2.15. The zero-order valence-corrected chi connectivity index (χ0v) is 14.0. The van der Waals surface area contributed by atoms with E-state index in [-0.39, 0.29) is 6.04 Å². The number of unbranched alkanes of at least 4 members (excludes halogenated alkanes) is 1. The molecule has 0 radical (unpaired) electrons. The van der Waals surface area contributed by atoms with Gasteiger partial charge >= 0.3 is 0 Å². The van der Waals surface area contributed by atoms with Crippen LogP contribution in [0.3, 0.4) is 0 Å². The summed E-state index contributed by atoms with van der Waals surface area (Å²) in [6.45, 7) is 3.47. The number of ether oxygens (including phenoxy) is 1. The fourth-order valence-electron chi connectivity index (χ4n) is 2.23. The zero-order chi connectivity index (χ0) is 16.5. The summed E-state index contributed by atoms with van der Waals surface area (Å²) in [6, 6.07) is 18.3. The van der Waals surface area contributed by atoms with Crippen LogP contribution in [0.25, 0.3) is 0 Å². The molecule has 1 N–H and O–H groups in total. The van der Waals surface area contributed by atoms with Gasteiger partial charge in [0.05, 0.1) is 12.7 Å². The molecule has 2 rings (SSSR count). The van der Waals surface area contributed by atoms with Crippen LogP contribution in [0.2, 0.25) is 5.02 Å². The molecule has 23 heavy (non-hydrogen) atoms. The minimum absolute atomic E-state index is 0.243. The van der Waals surface area contributed by atoms with Crippen molar-refractivity contribution in [2.75, 3.05) is 6.61 Å². The number of nitriles is 1. The summed E-state index contributed by atoms with van der Waals surface area (Å²) in [6.07, 6.45) is 1.28. The van der Waals surface area contributed by atoms with Gasteiger partial charge in [0.15, 0.2) is 0 Å². The summed E-state index contributed by atoms with van der Waals surface area (Å²) in [4.78, 5) is 0. The first-order chi connectivity index (χ1) is 11.2. The molecule has 3 nitrogen and oxygen atoms in total. The van der Waals surface area contributed by atoms with Gasteiger partial charge in [-0.05, 0) is 48.7 Å². The van der Waals surface area contributed by atoms with Crippen LogP contribution in [0.1, 0.15) is 36.9 Å². The lowest BCUT2D eigenvalue weighted by Crippen LogP contribution is -2.18. The lowest BCUT2D eigenvalue weighted by atomic mass is 10.1. The summed E-state index contributed by atoms with van der Waals surface area (Å²) in [5, 5.41) is 12.8. The highest BCUT2D eigenvalue weighted by Gasteiger charge is 2.05. The minimum atomic E-state index is 0.243. The summed E-state index contributed by atoms with van der Waals surface area (Å²) in [5.41, 5.74) is 2.38. The second kappa shape index (κ2) is 9.19. The van der Waals surface area contributed by atoms with Crippen LogP contribution in [-0.4, -0.2) is 6.61 Å². The molecule has 0 aliphatic heterocycles. The first-order valence-corrected chi connectivity index (χ1v) is 8.14. The SMILES string of the molecule is CC(NCc1cccc(OCCCC#N)c1)c1ccc(Cl)cc1. The molecule has 0 saturated carbocycles. The normalized spacial score (nSPS) is 11.7. The molecular formula is C19H21ClN2O. The standard InChI is InChI=1S/C19H21ClN2O/c1-15(17-7-9-18(20)10-8-17)22-14-16-5-4-6-19(13-16)23-12-3-2-11-21/h4-10,13,15,22H,2-3,12,14H2,1H3. The van der Waals surface area contributed by atoms with Crippen molar-refractivity contribution < 1.29 is 4.74 Å². The van der Waals surface area contributed by atoms with Crippen molar-refractivity contribution in [2.24, 2.45) is 0 Å². The lowest BCUT2D eigenvalue weighted by molar-refractivity contribution is 0.312. The third kappa shape index (κ3) is 5.94. The molecule has 120 valence electrons. The first kappa shape index (κ1) is 17.3. The molecule has 0 bridgehead atoms. The Bertz CT molecular complexity index is 649. The van der Waals surface area contributed by atoms with Gasteiger partial charge < -0.3 is 10.1 Å². The number of hydrogen-bond acceptors (Lipinski definition) is 3. The zero-order valence-electron chi connectivity index (χ0n) is 13.3. The highest BCUT2D eigenvalue weighted by atomic mass is 35.5. The smallest absolute Gasteiger partial charge is 0.119 e. The number of halogens is 1.